The fourth-order valence-electron chi connectivity index (χ4n) is 3.06. The zero-order valence-electron chi connectivity index (χ0n) is 10.2. The van der Waals surface area contributed by atoms with Crippen molar-refractivity contribution in [3.05, 3.63) is 42.2 Å². The van der Waals surface area contributed by atoms with Crippen LogP contribution in [0.4, 0.5) is 0 Å². The van der Waals surface area contributed by atoms with Gasteiger partial charge in [0.05, 0.1) is 0 Å². The van der Waals surface area contributed by atoms with Gasteiger partial charge in [-0.15, -0.1) is 0 Å². The number of pyridine rings is 1. The highest BCUT2D eigenvalue weighted by molar-refractivity contribution is 5.85. The molecule has 1 fully saturated rings. The van der Waals surface area contributed by atoms with Crippen LogP contribution in [-0.4, -0.2) is 11.5 Å². The van der Waals surface area contributed by atoms with Gasteiger partial charge in [0.1, 0.15) is 0 Å². The second-order valence-electron chi connectivity index (χ2n) is 4.87. The summed E-state index contributed by atoms with van der Waals surface area (Å²) >= 11 is 0. The summed E-state index contributed by atoms with van der Waals surface area (Å²) in [5, 5.41) is 6.29. The third-order valence-corrected chi connectivity index (χ3v) is 4.05. The van der Waals surface area contributed by atoms with Gasteiger partial charge in [-0.25, -0.2) is 0 Å². The first-order valence-electron chi connectivity index (χ1n) is 6.44. The SMILES string of the molecule is CCC1(c2cccc3ccncc23)CCCN1. The highest BCUT2D eigenvalue weighted by Crippen LogP contribution is 2.37. The van der Waals surface area contributed by atoms with E-state index in [9.17, 15) is 0 Å². The highest BCUT2D eigenvalue weighted by Gasteiger charge is 2.34. The molecule has 0 saturated carbocycles. The number of rotatable bonds is 2. The van der Waals surface area contributed by atoms with Crippen molar-refractivity contribution in [2.24, 2.45) is 0 Å². The molecule has 2 heteroatoms. The monoisotopic (exact) mass is 226 g/mol. The molecule has 17 heavy (non-hydrogen) atoms. The fraction of sp³-hybridized carbons (Fsp3) is 0.400. The molecule has 0 amide bonds. The van der Waals surface area contributed by atoms with Gasteiger partial charge in [0, 0.05) is 23.3 Å². The molecule has 0 radical (unpaired) electrons. The molecule has 1 aromatic heterocycles. The van der Waals surface area contributed by atoms with Crippen LogP contribution in [0.1, 0.15) is 31.7 Å². The number of hydrogen-bond donors (Lipinski definition) is 1. The number of fused-ring (bicyclic) bond motifs is 1. The Morgan fingerprint density at radius 1 is 1.35 bits per heavy atom. The summed E-state index contributed by atoms with van der Waals surface area (Å²) < 4.78 is 0. The van der Waals surface area contributed by atoms with Gasteiger partial charge in [-0.3, -0.25) is 4.98 Å². The predicted octanol–water partition coefficient (Wildman–Crippen LogP) is 3.22. The Balaban J connectivity index is 2.22. The van der Waals surface area contributed by atoms with E-state index in [2.05, 4.69) is 41.5 Å². The van der Waals surface area contributed by atoms with Crippen molar-refractivity contribution >= 4 is 10.8 Å². The van der Waals surface area contributed by atoms with Gasteiger partial charge in [-0.1, -0.05) is 25.1 Å². The maximum Gasteiger partial charge on any atom is 0.0439 e. The quantitative estimate of drug-likeness (QED) is 0.850. The zero-order valence-corrected chi connectivity index (χ0v) is 10.2. The fourth-order valence-corrected chi connectivity index (χ4v) is 3.06. The van der Waals surface area contributed by atoms with Crippen molar-refractivity contribution in [3.63, 3.8) is 0 Å². The van der Waals surface area contributed by atoms with Crippen molar-refractivity contribution < 1.29 is 0 Å². The van der Waals surface area contributed by atoms with Gasteiger partial charge in [0.15, 0.2) is 0 Å². The van der Waals surface area contributed by atoms with Crippen LogP contribution in [0, 0.1) is 0 Å². The lowest BCUT2D eigenvalue weighted by molar-refractivity contribution is 0.379. The lowest BCUT2D eigenvalue weighted by atomic mass is 9.83. The first-order valence-corrected chi connectivity index (χ1v) is 6.44. The summed E-state index contributed by atoms with van der Waals surface area (Å²) in [7, 11) is 0. The van der Waals surface area contributed by atoms with E-state index in [1.54, 1.807) is 0 Å². The topological polar surface area (TPSA) is 24.9 Å². The normalized spacial score (nSPS) is 24.3. The molecule has 0 aliphatic carbocycles. The molecule has 1 atom stereocenters. The molecular weight excluding hydrogens is 208 g/mol. The van der Waals surface area contributed by atoms with Gasteiger partial charge in [0.25, 0.3) is 0 Å². The largest absolute Gasteiger partial charge is 0.307 e. The van der Waals surface area contributed by atoms with Gasteiger partial charge in [-0.05, 0) is 42.8 Å². The maximum atomic E-state index is 4.28. The minimum atomic E-state index is 0.169. The van der Waals surface area contributed by atoms with Gasteiger partial charge in [0.2, 0.25) is 0 Å². The Morgan fingerprint density at radius 3 is 3.06 bits per heavy atom. The van der Waals surface area contributed by atoms with E-state index < -0.39 is 0 Å². The van der Waals surface area contributed by atoms with Crippen LogP contribution >= 0.6 is 0 Å². The Kier molecular flexibility index (Phi) is 2.60. The molecule has 2 nitrogen and oxygen atoms in total. The minimum absolute atomic E-state index is 0.169. The molecule has 1 unspecified atom stereocenters. The van der Waals surface area contributed by atoms with Crippen molar-refractivity contribution in [3.8, 4) is 0 Å². The second kappa shape index (κ2) is 4.11. The number of nitrogens with one attached hydrogen (secondary N) is 1. The Labute approximate surface area is 102 Å². The average Bonchev–Trinajstić information content (AvgIpc) is 2.88. The van der Waals surface area contributed by atoms with E-state index in [0.29, 0.717) is 0 Å². The average molecular weight is 226 g/mol. The molecule has 1 N–H and O–H groups in total. The van der Waals surface area contributed by atoms with Crippen molar-refractivity contribution in [1.82, 2.24) is 10.3 Å². The lowest BCUT2D eigenvalue weighted by Crippen LogP contribution is -2.36. The summed E-state index contributed by atoms with van der Waals surface area (Å²) in [6.07, 6.45) is 7.51. The van der Waals surface area contributed by atoms with Crippen LogP contribution < -0.4 is 5.32 Å². The van der Waals surface area contributed by atoms with E-state index in [1.807, 2.05) is 12.4 Å². The van der Waals surface area contributed by atoms with Crippen molar-refractivity contribution in [2.75, 3.05) is 6.54 Å². The molecule has 1 aromatic carbocycles. The van der Waals surface area contributed by atoms with Crippen LogP contribution in [0.3, 0.4) is 0 Å². The predicted molar refractivity (Wildman–Crippen MR) is 70.9 cm³/mol. The smallest absolute Gasteiger partial charge is 0.0439 e. The van der Waals surface area contributed by atoms with Crippen LogP contribution in [0.25, 0.3) is 10.8 Å². The van der Waals surface area contributed by atoms with Crippen LogP contribution in [-0.2, 0) is 5.54 Å². The number of benzene rings is 1. The third kappa shape index (κ3) is 1.64. The van der Waals surface area contributed by atoms with Crippen LogP contribution in [0.15, 0.2) is 36.7 Å². The molecule has 3 rings (SSSR count). The molecule has 2 aromatic rings. The summed E-state index contributed by atoms with van der Waals surface area (Å²) in [6, 6.07) is 8.68. The van der Waals surface area contributed by atoms with Crippen molar-refractivity contribution in [2.45, 2.75) is 31.7 Å². The van der Waals surface area contributed by atoms with Crippen LogP contribution in [0.5, 0.6) is 0 Å². The van der Waals surface area contributed by atoms with E-state index in [-0.39, 0.29) is 5.54 Å². The minimum Gasteiger partial charge on any atom is -0.307 e. The highest BCUT2D eigenvalue weighted by atomic mass is 15.0. The summed E-state index contributed by atoms with van der Waals surface area (Å²) in [4.78, 5) is 4.28. The molecule has 0 bridgehead atoms. The van der Waals surface area contributed by atoms with Gasteiger partial charge < -0.3 is 5.32 Å². The summed E-state index contributed by atoms with van der Waals surface area (Å²) in [6.45, 7) is 3.40. The summed E-state index contributed by atoms with van der Waals surface area (Å²) in [5.74, 6) is 0. The van der Waals surface area contributed by atoms with Crippen LogP contribution in [0.2, 0.25) is 0 Å². The Hall–Kier alpha value is -1.41. The summed E-state index contributed by atoms with van der Waals surface area (Å²) in [5.41, 5.74) is 1.59. The molecule has 0 spiro atoms. The first-order chi connectivity index (χ1) is 8.36. The number of aromatic nitrogens is 1. The molecule has 88 valence electrons. The molecule has 1 aliphatic heterocycles. The molecule has 2 heterocycles. The van der Waals surface area contributed by atoms with E-state index in [1.165, 1.54) is 29.2 Å². The number of hydrogen-bond acceptors (Lipinski definition) is 2. The van der Waals surface area contributed by atoms with E-state index in [0.717, 1.165) is 13.0 Å². The first kappa shape index (κ1) is 10.7. The Bertz CT molecular complexity index is 522. The molecule has 1 saturated heterocycles. The van der Waals surface area contributed by atoms with Gasteiger partial charge in [-0.2, -0.15) is 0 Å². The second-order valence-corrected chi connectivity index (χ2v) is 4.87. The lowest BCUT2D eigenvalue weighted by Gasteiger charge is -2.30. The molecular formula is C15H18N2. The van der Waals surface area contributed by atoms with E-state index in [4.69, 9.17) is 0 Å². The zero-order chi connectivity index (χ0) is 11.7. The van der Waals surface area contributed by atoms with Crippen molar-refractivity contribution in [1.29, 1.82) is 0 Å². The maximum absolute atomic E-state index is 4.28. The van der Waals surface area contributed by atoms with Gasteiger partial charge >= 0.3 is 0 Å². The standard InChI is InChI=1S/C15H18N2/c1-2-15(8-4-9-17-15)14-6-3-5-12-7-10-16-11-13(12)14/h3,5-7,10-11,17H,2,4,8-9H2,1H3. The Morgan fingerprint density at radius 2 is 2.29 bits per heavy atom. The molecule has 1 aliphatic rings. The number of nitrogens with zero attached hydrogens (tertiary/aromatic N) is 1. The third-order valence-electron chi connectivity index (χ3n) is 4.05. The van der Waals surface area contributed by atoms with E-state index >= 15 is 0 Å².